The van der Waals surface area contributed by atoms with Gasteiger partial charge in [-0.2, -0.15) is 0 Å². The number of hydrogen-bond donors (Lipinski definition) is 2. The zero-order valence-electron chi connectivity index (χ0n) is 12.9. The van der Waals surface area contributed by atoms with E-state index in [0.717, 1.165) is 27.1 Å². The van der Waals surface area contributed by atoms with Crippen LogP contribution >= 0.6 is 0 Å². The molecule has 23 heavy (non-hydrogen) atoms. The van der Waals surface area contributed by atoms with Gasteiger partial charge in [0.25, 0.3) is 0 Å². The number of fused-ring (bicyclic) bond motifs is 2. The molecule has 4 rings (SSSR count). The van der Waals surface area contributed by atoms with Crippen LogP contribution in [-0.2, 0) is 0 Å². The SMILES string of the molecule is Cc1ccc2ccccc2c1O.Oc1ccc2ccccc2c1. The lowest BCUT2D eigenvalue weighted by molar-refractivity contribution is 0.476. The first-order chi connectivity index (χ1) is 11.1. The normalized spacial score (nSPS) is 10.3. The summed E-state index contributed by atoms with van der Waals surface area (Å²) in [5, 5.41) is 23.0. The fourth-order valence-corrected chi connectivity index (χ4v) is 2.54. The molecule has 2 heteroatoms. The van der Waals surface area contributed by atoms with Gasteiger partial charge in [-0.25, -0.2) is 0 Å². The zero-order chi connectivity index (χ0) is 16.2. The second-order valence-electron chi connectivity index (χ2n) is 5.48. The van der Waals surface area contributed by atoms with E-state index in [-0.39, 0.29) is 0 Å². The Morgan fingerprint density at radius 2 is 1.22 bits per heavy atom. The molecule has 0 aliphatic rings. The third-order valence-corrected chi connectivity index (χ3v) is 3.84. The lowest BCUT2D eigenvalue weighted by Crippen LogP contribution is -1.77. The first kappa shape index (κ1) is 14.9. The maximum atomic E-state index is 9.66. The minimum absolute atomic E-state index is 0.323. The Kier molecular flexibility index (Phi) is 4.15. The Bertz CT molecular complexity index is 958. The number of phenolic OH excluding ortho intramolecular Hbond substituents is 2. The van der Waals surface area contributed by atoms with E-state index in [0.29, 0.717) is 11.5 Å². The summed E-state index contributed by atoms with van der Waals surface area (Å²) < 4.78 is 0. The Morgan fingerprint density at radius 1 is 0.609 bits per heavy atom. The van der Waals surface area contributed by atoms with Gasteiger partial charge in [-0.15, -0.1) is 0 Å². The standard InChI is InChI=1S/C11H10O.C10H8O/c1-8-6-7-9-4-2-3-5-10(9)11(8)12;11-10-6-5-8-3-1-2-4-9(8)7-10/h2-7,12H,1H3;1-7,11H. The van der Waals surface area contributed by atoms with Crippen LogP contribution in [0.5, 0.6) is 11.5 Å². The highest BCUT2D eigenvalue weighted by molar-refractivity contribution is 5.89. The van der Waals surface area contributed by atoms with Gasteiger partial charge in [0, 0.05) is 5.39 Å². The monoisotopic (exact) mass is 302 g/mol. The Balaban J connectivity index is 0.000000136. The van der Waals surface area contributed by atoms with Gasteiger partial charge in [0.05, 0.1) is 0 Å². The number of rotatable bonds is 0. The summed E-state index contributed by atoms with van der Waals surface area (Å²) in [5.74, 6) is 0.719. The lowest BCUT2D eigenvalue weighted by Gasteiger charge is -2.02. The molecule has 0 spiro atoms. The second-order valence-corrected chi connectivity index (χ2v) is 5.48. The molecule has 114 valence electrons. The second kappa shape index (κ2) is 6.41. The molecule has 0 radical (unpaired) electrons. The van der Waals surface area contributed by atoms with E-state index < -0.39 is 0 Å². The van der Waals surface area contributed by atoms with Crippen LogP contribution in [0.1, 0.15) is 5.56 Å². The molecule has 4 aromatic rings. The van der Waals surface area contributed by atoms with Gasteiger partial charge in [0.1, 0.15) is 11.5 Å². The maximum absolute atomic E-state index is 9.66. The molecular weight excluding hydrogens is 284 g/mol. The Labute approximate surface area is 135 Å². The van der Waals surface area contributed by atoms with Crippen molar-refractivity contribution in [2.24, 2.45) is 0 Å². The Hall–Kier alpha value is -3.00. The van der Waals surface area contributed by atoms with Crippen molar-refractivity contribution in [2.75, 3.05) is 0 Å². The molecule has 2 nitrogen and oxygen atoms in total. The molecule has 0 aromatic heterocycles. The van der Waals surface area contributed by atoms with Crippen LogP contribution in [0.15, 0.2) is 78.9 Å². The molecule has 2 N–H and O–H groups in total. The molecule has 0 atom stereocenters. The van der Waals surface area contributed by atoms with Crippen molar-refractivity contribution in [3.05, 3.63) is 84.4 Å². The highest BCUT2D eigenvalue weighted by Gasteiger charge is 2.00. The number of hydrogen-bond acceptors (Lipinski definition) is 2. The zero-order valence-corrected chi connectivity index (χ0v) is 12.9. The van der Waals surface area contributed by atoms with Crippen molar-refractivity contribution in [1.29, 1.82) is 0 Å². The molecule has 0 aliphatic heterocycles. The molecule has 0 unspecified atom stereocenters. The van der Waals surface area contributed by atoms with Gasteiger partial charge in [0.15, 0.2) is 0 Å². The van der Waals surface area contributed by atoms with Crippen LogP contribution in [-0.4, -0.2) is 10.2 Å². The van der Waals surface area contributed by atoms with Crippen molar-refractivity contribution < 1.29 is 10.2 Å². The van der Waals surface area contributed by atoms with Crippen LogP contribution in [0.2, 0.25) is 0 Å². The van der Waals surface area contributed by atoms with E-state index in [2.05, 4.69) is 0 Å². The molecule has 0 amide bonds. The predicted octanol–water partition coefficient (Wildman–Crippen LogP) is 5.40. The topological polar surface area (TPSA) is 40.5 Å². The number of aromatic hydroxyl groups is 2. The molecule has 4 aromatic carbocycles. The van der Waals surface area contributed by atoms with Crippen LogP contribution in [0.3, 0.4) is 0 Å². The van der Waals surface area contributed by atoms with Crippen molar-refractivity contribution in [2.45, 2.75) is 6.92 Å². The van der Waals surface area contributed by atoms with Gasteiger partial charge in [0.2, 0.25) is 0 Å². The summed E-state index contributed by atoms with van der Waals surface area (Å²) in [4.78, 5) is 0. The van der Waals surface area contributed by atoms with Crippen molar-refractivity contribution in [3.8, 4) is 11.5 Å². The van der Waals surface area contributed by atoms with E-state index in [4.69, 9.17) is 5.11 Å². The summed E-state index contributed by atoms with van der Waals surface area (Å²) in [6, 6.07) is 25.1. The number of aryl methyl sites for hydroxylation is 1. The van der Waals surface area contributed by atoms with Gasteiger partial charge in [-0.05, 0) is 40.8 Å². The van der Waals surface area contributed by atoms with Crippen LogP contribution in [0.25, 0.3) is 21.5 Å². The van der Waals surface area contributed by atoms with Crippen molar-refractivity contribution in [3.63, 3.8) is 0 Å². The molecule has 0 saturated carbocycles. The fraction of sp³-hybridized carbons (Fsp3) is 0.0476. The summed E-state index contributed by atoms with van der Waals surface area (Å²) in [6.07, 6.45) is 0. The quantitative estimate of drug-likeness (QED) is 0.456. The molecule has 0 aliphatic carbocycles. The van der Waals surface area contributed by atoms with Gasteiger partial charge in [-0.3, -0.25) is 0 Å². The third-order valence-electron chi connectivity index (χ3n) is 3.84. The third kappa shape index (κ3) is 3.27. The number of benzene rings is 4. The fourth-order valence-electron chi connectivity index (χ4n) is 2.54. The highest BCUT2D eigenvalue weighted by atomic mass is 16.3. The summed E-state index contributed by atoms with van der Waals surface area (Å²) in [6.45, 7) is 1.90. The molecule has 0 saturated heterocycles. The summed E-state index contributed by atoms with van der Waals surface area (Å²) in [5.41, 5.74) is 0.925. The summed E-state index contributed by atoms with van der Waals surface area (Å²) in [7, 11) is 0. The predicted molar refractivity (Wildman–Crippen MR) is 96.0 cm³/mol. The maximum Gasteiger partial charge on any atom is 0.126 e. The average molecular weight is 302 g/mol. The van der Waals surface area contributed by atoms with Crippen LogP contribution < -0.4 is 0 Å². The van der Waals surface area contributed by atoms with E-state index in [9.17, 15) is 5.11 Å². The summed E-state index contributed by atoms with van der Waals surface area (Å²) >= 11 is 0. The van der Waals surface area contributed by atoms with E-state index >= 15 is 0 Å². The molecule has 0 heterocycles. The smallest absolute Gasteiger partial charge is 0.126 e. The van der Waals surface area contributed by atoms with Gasteiger partial charge in [-0.1, -0.05) is 66.7 Å². The Morgan fingerprint density at radius 3 is 2.00 bits per heavy atom. The minimum Gasteiger partial charge on any atom is -0.508 e. The number of phenols is 2. The van der Waals surface area contributed by atoms with Crippen molar-refractivity contribution in [1.82, 2.24) is 0 Å². The first-order valence-electron chi connectivity index (χ1n) is 7.50. The van der Waals surface area contributed by atoms with Crippen molar-refractivity contribution >= 4 is 21.5 Å². The lowest BCUT2D eigenvalue weighted by atomic mass is 10.1. The van der Waals surface area contributed by atoms with E-state index in [1.54, 1.807) is 12.1 Å². The molecular formula is C21H18O2. The minimum atomic E-state index is 0.323. The van der Waals surface area contributed by atoms with Gasteiger partial charge < -0.3 is 10.2 Å². The molecule has 0 fully saturated rings. The highest BCUT2D eigenvalue weighted by Crippen LogP contribution is 2.27. The average Bonchev–Trinajstić information content (AvgIpc) is 2.59. The van der Waals surface area contributed by atoms with Gasteiger partial charge >= 0.3 is 0 Å². The first-order valence-corrected chi connectivity index (χ1v) is 7.50. The van der Waals surface area contributed by atoms with Crippen LogP contribution in [0.4, 0.5) is 0 Å². The largest absolute Gasteiger partial charge is 0.508 e. The molecule has 0 bridgehead atoms. The van der Waals surface area contributed by atoms with E-state index in [1.807, 2.05) is 73.7 Å². The van der Waals surface area contributed by atoms with E-state index in [1.165, 1.54) is 0 Å². The van der Waals surface area contributed by atoms with Crippen LogP contribution in [0, 0.1) is 6.92 Å².